The molecular formula is C8H7N4O2S. The highest BCUT2D eigenvalue weighted by molar-refractivity contribution is 7.13. The summed E-state index contributed by atoms with van der Waals surface area (Å²) < 4.78 is 0. The molecule has 1 heterocycles. The Morgan fingerprint density at radius 3 is 3.07 bits per heavy atom. The zero-order valence-corrected chi connectivity index (χ0v) is 8.37. The lowest BCUT2D eigenvalue weighted by molar-refractivity contribution is -0.112. The Bertz CT molecular complexity index is 432. The van der Waals surface area contributed by atoms with Gasteiger partial charge in [0.15, 0.2) is 17.5 Å². The molecule has 3 N–H and O–H groups in total. The van der Waals surface area contributed by atoms with Crippen molar-refractivity contribution in [3.05, 3.63) is 11.1 Å². The Labute approximate surface area is 89.9 Å². The van der Waals surface area contributed by atoms with Crippen LogP contribution in [0.1, 0.15) is 5.69 Å². The minimum atomic E-state index is -1.00. The van der Waals surface area contributed by atoms with Gasteiger partial charge in [-0.1, -0.05) is 11.1 Å². The zero-order chi connectivity index (χ0) is 11.3. The second-order valence-corrected chi connectivity index (χ2v) is 3.21. The molecular weight excluding hydrogens is 216 g/mol. The molecule has 0 saturated heterocycles. The standard InChI is InChI=1S/C8H7N4O2S/c1-2-3-14-12-6(7(9)13)5-4-15-8(10)11-5/h1,4,9H,3H2,(H2,10,11). The van der Waals surface area contributed by atoms with E-state index in [-0.39, 0.29) is 23.1 Å². The highest BCUT2D eigenvalue weighted by Gasteiger charge is 2.15. The molecule has 1 rings (SSSR count). The van der Waals surface area contributed by atoms with Crippen molar-refractivity contribution >= 4 is 28.1 Å². The smallest absolute Gasteiger partial charge is 0.294 e. The van der Waals surface area contributed by atoms with E-state index in [0.717, 1.165) is 11.3 Å². The number of anilines is 1. The minimum absolute atomic E-state index is 0.0730. The number of hydrogen-bond donors (Lipinski definition) is 1. The summed E-state index contributed by atoms with van der Waals surface area (Å²) in [7, 11) is 0. The largest absolute Gasteiger partial charge is 0.382 e. The number of rotatable bonds is 4. The summed E-state index contributed by atoms with van der Waals surface area (Å²) in [6, 6.07) is 0. The van der Waals surface area contributed by atoms with E-state index in [1.165, 1.54) is 5.38 Å². The van der Waals surface area contributed by atoms with Gasteiger partial charge in [-0.05, 0) is 0 Å². The van der Waals surface area contributed by atoms with Crippen molar-refractivity contribution in [1.29, 1.82) is 0 Å². The maximum Gasteiger partial charge on any atom is 0.294 e. The van der Waals surface area contributed by atoms with Crippen LogP contribution in [0.3, 0.4) is 0 Å². The van der Waals surface area contributed by atoms with Crippen LogP contribution in [0.2, 0.25) is 0 Å². The maximum atomic E-state index is 10.9. The SMILES string of the molecule is C#CCON=C(C([NH])=O)c1csc(N)n1. The first-order valence-corrected chi connectivity index (χ1v) is 4.64. The Morgan fingerprint density at radius 1 is 1.87 bits per heavy atom. The predicted octanol–water partition coefficient (Wildman–Crippen LogP) is -0.111. The van der Waals surface area contributed by atoms with Crippen molar-refractivity contribution in [3.63, 3.8) is 0 Å². The fraction of sp³-hybridized carbons (Fsp3) is 0.125. The predicted molar refractivity (Wildman–Crippen MR) is 56.0 cm³/mol. The van der Waals surface area contributed by atoms with E-state index in [0.29, 0.717) is 0 Å². The molecule has 0 unspecified atom stereocenters. The van der Waals surface area contributed by atoms with Crippen molar-refractivity contribution in [2.45, 2.75) is 0 Å². The van der Waals surface area contributed by atoms with Crippen LogP contribution in [0.15, 0.2) is 10.5 Å². The number of aromatic nitrogens is 1. The first-order valence-electron chi connectivity index (χ1n) is 3.76. The molecule has 1 radical (unpaired) electrons. The molecule has 0 aliphatic heterocycles. The molecule has 1 aromatic heterocycles. The van der Waals surface area contributed by atoms with Crippen LogP contribution in [-0.2, 0) is 9.63 Å². The fourth-order valence-corrected chi connectivity index (χ4v) is 1.28. The van der Waals surface area contributed by atoms with Gasteiger partial charge in [0.05, 0.1) is 0 Å². The van der Waals surface area contributed by atoms with Gasteiger partial charge in [-0.3, -0.25) is 10.5 Å². The molecule has 0 aromatic carbocycles. The van der Waals surface area contributed by atoms with E-state index < -0.39 is 5.91 Å². The first kappa shape index (κ1) is 11.0. The summed E-state index contributed by atoms with van der Waals surface area (Å²) in [4.78, 5) is 19.3. The molecule has 6 nitrogen and oxygen atoms in total. The summed E-state index contributed by atoms with van der Waals surface area (Å²) in [5, 5.41) is 5.22. The second-order valence-electron chi connectivity index (χ2n) is 2.32. The molecule has 0 aliphatic rings. The van der Waals surface area contributed by atoms with Gasteiger partial charge in [-0.2, -0.15) is 0 Å². The number of carbonyl (C=O) groups is 1. The number of carbonyl (C=O) groups excluding carboxylic acids is 1. The third-order valence-corrected chi connectivity index (χ3v) is 1.96. The minimum Gasteiger partial charge on any atom is -0.382 e. The van der Waals surface area contributed by atoms with Crippen molar-refractivity contribution in [2.24, 2.45) is 5.16 Å². The number of amides is 1. The Balaban J connectivity index is 2.89. The van der Waals surface area contributed by atoms with Crippen LogP contribution in [0.4, 0.5) is 5.13 Å². The molecule has 7 heteroatoms. The summed E-state index contributed by atoms with van der Waals surface area (Å²) in [6.45, 7) is -0.0730. The van der Waals surface area contributed by atoms with Crippen LogP contribution in [0.25, 0.3) is 0 Å². The van der Waals surface area contributed by atoms with E-state index in [1.54, 1.807) is 0 Å². The van der Waals surface area contributed by atoms with Crippen molar-refractivity contribution < 1.29 is 9.63 Å². The number of oxime groups is 1. The Kier molecular flexibility index (Phi) is 3.65. The van der Waals surface area contributed by atoms with Gasteiger partial charge >= 0.3 is 0 Å². The number of nitrogens with one attached hydrogen (secondary N) is 1. The van der Waals surface area contributed by atoms with E-state index in [4.69, 9.17) is 17.9 Å². The van der Waals surface area contributed by atoms with Gasteiger partial charge in [0, 0.05) is 5.38 Å². The van der Waals surface area contributed by atoms with Crippen LogP contribution in [-0.4, -0.2) is 23.2 Å². The maximum absolute atomic E-state index is 10.9. The van der Waals surface area contributed by atoms with Gasteiger partial charge < -0.3 is 10.6 Å². The van der Waals surface area contributed by atoms with E-state index in [9.17, 15) is 4.79 Å². The number of thiazole rings is 1. The van der Waals surface area contributed by atoms with Gasteiger partial charge in [0.1, 0.15) is 5.69 Å². The number of terminal acetylenes is 1. The van der Waals surface area contributed by atoms with Gasteiger partial charge in [0.25, 0.3) is 5.91 Å². The number of nitrogen functional groups attached to an aromatic ring is 1. The summed E-state index contributed by atoms with van der Waals surface area (Å²) in [6.07, 6.45) is 4.92. The topological polar surface area (TPSA) is 101 Å². The average Bonchev–Trinajstić information content (AvgIpc) is 2.59. The number of hydrogen-bond acceptors (Lipinski definition) is 6. The zero-order valence-electron chi connectivity index (χ0n) is 7.56. The lowest BCUT2D eigenvalue weighted by atomic mass is 10.3. The third-order valence-electron chi connectivity index (χ3n) is 1.28. The lowest BCUT2D eigenvalue weighted by Crippen LogP contribution is -2.17. The van der Waals surface area contributed by atoms with Gasteiger partial charge in [-0.15, -0.1) is 17.8 Å². The average molecular weight is 223 g/mol. The molecule has 0 bridgehead atoms. The molecule has 0 fully saturated rings. The molecule has 0 atom stereocenters. The van der Waals surface area contributed by atoms with Crippen LogP contribution >= 0.6 is 11.3 Å². The van der Waals surface area contributed by atoms with Crippen molar-refractivity contribution in [3.8, 4) is 12.3 Å². The van der Waals surface area contributed by atoms with E-state index >= 15 is 0 Å². The van der Waals surface area contributed by atoms with Gasteiger partial charge in [-0.25, -0.2) is 4.98 Å². The summed E-state index contributed by atoms with van der Waals surface area (Å²) in [5.74, 6) is 1.17. The highest BCUT2D eigenvalue weighted by atomic mass is 32.1. The monoisotopic (exact) mass is 223 g/mol. The van der Waals surface area contributed by atoms with Crippen LogP contribution < -0.4 is 11.5 Å². The van der Waals surface area contributed by atoms with Crippen molar-refractivity contribution in [2.75, 3.05) is 12.3 Å². The third kappa shape index (κ3) is 2.96. The molecule has 1 amide bonds. The molecule has 77 valence electrons. The normalized spacial score (nSPS) is 10.7. The molecule has 1 aromatic rings. The summed E-state index contributed by atoms with van der Waals surface area (Å²) >= 11 is 1.14. The first-order chi connectivity index (χ1) is 7.15. The fourth-order valence-electron chi connectivity index (χ4n) is 0.735. The summed E-state index contributed by atoms with van der Waals surface area (Å²) in [5.41, 5.74) is 12.3. The Hall–Kier alpha value is -2.07. The number of nitrogens with zero attached hydrogens (tertiary/aromatic N) is 2. The molecule has 0 saturated carbocycles. The molecule has 0 spiro atoms. The second kappa shape index (κ2) is 4.97. The van der Waals surface area contributed by atoms with E-state index in [2.05, 4.69) is 20.9 Å². The van der Waals surface area contributed by atoms with Crippen molar-refractivity contribution in [1.82, 2.24) is 10.7 Å². The lowest BCUT2D eigenvalue weighted by Gasteiger charge is -1.96. The Morgan fingerprint density at radius 2 is 2.60 bits per heavy atom. The van der Waals surface area contributed by atoms with Crippen LogP contribution in [0.5, 0.6) is 0 Å². The van der Waals surface area contributed by atoms with E-state index in [1.807, 2.05) is 0 Å². The molecule has 0 aliphatic carbocycles. The highest BCUT2D eigenvalue weighted by Crippen LogP contribution is 2.12. The quantitative estimate of drug-likeness (QED) is 0.333. The molecule has 15 heavy (non-hydrogen) atoms. The van der Waals surface area contributed by atoms with Crippen LogP contribution in [0, 0.1) is 12.3 Å². The number of nitrogens with two attached hydrogens (primary N) is 1. The van der Waals surface area contributed by atoms with Gasteiger partial charge in [0.2, 0.25) is 0 Å².